The molecule has 0 amide bonds. The van der Waals surface area contributed by atoms with Crippen LogP contribution in [0.25, 0.3) is 6.08 Å². The van der Waals surface area contributed by atoms with Crippen LogP contribution in [0.4, 0.5) is 5.69 Å². The largest absolute Gasteiger partial charge is 0.490 e. The van der Waals surface area contributed by atoms with Crippen LogP contribution in [0.3, 0.4) is 0 Å². The molecule has 0 aliphatic carbocycles. The van der Waals surface area contributed by atoms with Gasteiger partial charge >= 0.3 is 11.9 Å². The third-order valence-corrected chi connectivity index (χ3v) is 5.76. The van der Waals surface area contributed by atoms with E-state index in [2.05, 4.69) is 20.9 Å². The SMILES string of the molecule is CCOc1cc(/C=C2\N=C(c3ccc([N+](=O)[O-])cc3Cl)OC2=O)cc(Br)c1OC(=O)c1ccccc1. The number of nitro benzene ring substituents is 1. The number of halogens is 2. The van der Waals surface area contributed by atoms with E-state index in [0.29, 0.717) is 22.2 Å². The molecule has 0 N–H and O–H groups in total. The van der Waals surface area contributed by atoms with Crippen LogP contribution in [0.5, 0.6) is 11.5 Å². The Balaban J connectivity index is 1.65. The highest BCUT2D eigenvalue weighted by molar-refractivity contribution is 9.10. The number of carbonyl (C=O) groups is 2. The minimum atomic E-state index is -0.729. The molecule has 4 rings (SSSR count). The number of benzene rings is 3. The summed E-state index contributed by atoms with van der Waals surface area (Å²) in [6.07, 6.45) is 1.46. The molecular weight excluding hydrogens is 556 g/mol. The first kappa shape index (κ1) is 25.1. The van der Waals surface area contributed by atoms with E-state index in [9.17, 15) is 19.7 Å². The minimum absolute atomic E-state index is 0.0166. The third-order valence-electron chi connectivity index (χ3n) is 4.85. The number of hydrogen-bond donors (Lipinski definition) is 0. The molecule has 3 aromatic rings. The number of cyclic esters (lactones) is 1. The standard InChI is InChI=1S/C25H16BrClN2O7/c1-2-34-21-12-14(10-18(26)22(21)35-24(30)15-6-4-3-5-7-15)11-20-25(31)36-23(28-20)17-9-8-16(29(32)33)13-19(17)27/h3-13H,2H2,1H3/b20-11-. The zero-order chi connectivity index (χ0) is 25.8. The molecule has 1 aliphatic rings. The molecule has 36 heavy (non-hydrogen) atoms. The van der Waals surface area contributed by atoms with Crippen LogP contribution in [0.15, 0.2) is 75.8 Å². The number of nitro groups is 1. The lowest BCUT2D eigenvalue weighted by Crippen LogP contribution is -2.10. The molecule has 0 saturated carbocycles. The molecule has 182 valence electrons. The summed E-state index contributed by atoms with van der Waals surface area (Å²) in [6.45, 7) is 2.08. The van der Waals surface area contributed by atoms with Crippen molar-refractivity contribution in [3.05, 3.63) is 103 Å². The molecule has 0 atom stereocenters. The van der Waals surface area contributed by atoms with E-state index in [0.717, 1.165) is 6.07 Å². The van der Waals surface area contributed by atoms with Crippen LogP contribution < -0.4 is 9.47 Å². The van der Waals surface area contributed by atoms with Gasteiger partial charge in [0.2, 0.25) is 5.90 Å². The topological polar surface area (TPSA) is 117 Å². The summed E-state index contributed by atoms with van der Waals surface area (Å²) < 4.78 is 16.9. The zero-order valence-electron chi connectivity index (χ0n) is 18.6. The first-order chi connectivity index (χ1) is 17.3. The van der Waals surface area contributed by atoms with Crippen LogP contribution in [-0.4, -0.2) is 29.4 Å². The first-order valence-electron chi connectivity index (χ1n) is 10.5. The van der Waals surface area contributed by atoms with E-state index < -0.39 is 16.9 Å². The average Bonchev–Trinajstić information content (AvgIpc) is 3.21. The van der Waals surface area contributed by atoms with Crippen LogP contribution in [0.2, 0.25) is 5.02 Å². The van der Waals surface area contributed by atoms with Gasteiger partial charge in [0.15, 0.2) is 17.2 Å². The summed E-state index contributed by atoms with van der Waals surface area (Å²) in [6, 6.07) is 15.5. The zero-order valence-corrected chi connectivity index (χ0v) is 20.9. The van der Waals surface area contributed by atoms with Crippen molar-refractivity contribution >= 4 is 57.1 Å². The maximum atomic E-state index is 12.5. The second kappa shape index (κ2) is 10.7. The Kier molecular flexibility index (Phi) is 7.47. The number of ether oxygens (including phenoxy) is 3. The first-order valence-corrected chi connectivity index (χ1v) is 11.6. The summed E-state index contributed by atoms with van der Waals surface area (Å²) in [5.74, 6) is -0.908. The number of nitrogens with zero attached hydrogens (tertiary/aromatic N) is 2. The Morgan fingerprint density at radius 1 is 1.19 bits per heavy atom. The number of aliphatic imine (C=N–C) groups is 1. The van der Waals surface area contributed by atoms with Crippen molar-refractivity contribution in [3.8, 4) is 11.5 Å². The Morgan fingerprint density at radius 3 is 2.61 bits per heavy atom. The molecule has 3 aromatic carbocycles. The van der Waals surface area contributed by atoms with Gasteiger partial charge in [0.25, 0.3) is 5.69 Å². The van der Waals surface area contributed by atoms with E-state index in [-0.39, 0.29) is 39.4 Å². The molecule has 0 bridgehead atoms. The van der Waals surface area contributed by atoms with Crippen LogP contribution in [-0.2, 0) is 9.53 Å². The van der Waals surface area contributed by atoms with Gasteiger partial charge in [0.05, 0.1) is 32.2 Å². The summed E-state index contributed by atoms with van der Waals surface area (Å²) >= 11 is 9.53. The van der Waals surface area contributed by atoms with Gasteiger partial charge in [-0.2, -0.15) is 0 Å². The van der Waals surface area contributed by atoms with Gasteiger partial charge in [0.1, 0.15) is 0 Å². The highest BCUT2D eigenvalue weighted by atomic mass is 79.9. The van der Waals surface area contributed by atoms with Gasteiger partial charge in [-0.1, -0.05) is 29.8 Å². The van der Waals surface area contributed by atoms with Gasteiger partial charge < -0.3 is 14.2 Å². The molecule has 9 nitrogen and oxygen atoms in total. The summed E-state index contributed by atoms with van der Waals surface area (Å²) in [4.78, 5) is 39.5. The highest BCUT2D eigenvalue weighted by Gasteiger charge is 2.27. The lowest BCUT2D eigenvalue weighted by Gasteiger charge is -2.13. The van der Waals surface area contributed by atoms with E-state index in [1.54, 1.807) is 49.4 Å². The van der Waals surface area contributed by atoms with Crippen molar-refractivity contribution < 1.29 is 28.7 Å². The summed E-state index contributed by atoms with van der Waals surface area (Å²) in [7, 11) is 0. The molecule has 0 fully saturated rings. The molecule has 0 aromatic heterocycles. The van der Waals surface area contributed by atoms with Crippen molar-refractivity contribution in [1.82, 2.24) is 0 Å². The van der Waals surface area contributed by atoms with Crippen molar-refractivity contribution in [1.29, 1.82) is 0 Å². The number of hydrogen-bond acceptors (Lipinski definition) is 8. The van der Waals surface area contributed by atoms with Gasteiger partial charge in [-0.3, -0.25) is 10.1 Å². The van der Waals surface area contributed by atoms with E-state index in [1.165, 1.54) is 18.2 Å². The van der Waals surface area contributed by atoms with Crippen molar-refractivity contribution in [2.24, 2.45) is 4.99 Å². The molecule has 0 saturated heterocycles. The molecular formula is C25H16BrClN2O7. The van der Waals surface area contributed by atoms with Crippen LogP contribution in [0, 0.1) is 10.1 Å². The number of esters is 2. The van der Waals surface area contributed by atoms with Crippen molar-refractivity contribution in [2.45, 2.75) is 6.92 Å². The predicted molar refractivity (Wildman–Crippen MR) is 135 cm³/mol. The Morgan fingerprint density at radius 2 is 1.94 bits per heavy atom. The smallest absolute Gasteiger partial charge is 0.363 e. The molecule has 0 spiro atoms. The van der Waals surface area contributed by atoms with Gasteiger partial charge in [-0.25, -0.2) is 14.6 Å². The normalized spacial score (nSPS) is 13.8. The van der Waals surface area contributed by atoms with Crippen molar-refractivity contribution in [2.75, 3.05) is 6.61 Å². The van der Waals surface area contributed by atoms with Gasteiger partial charge in [0, 0.05) is 12.1 Å². The molecule has 1 heterocycles. The van der Waals surface area contributed by atoms with E-state index >= 15 is 0 Å². The van der Waals surface area contributed by atoms with Crippen LogP contribution in [0.1, 0.15) is 28.4 Å². The lowest BCUT2D eigenvalue weighted by molar-refractivity contribution is -0.384. The third kappa shape index (κ3) is 5.45. The second-order valence-electron chi connectivity index (χ2n) is 7.28. The Labute approximate surface area is 218 Å². The minimum Gasteiger partial charge on any atom is -0.490 e. The summed E-state index contributed by atoms with van der Waals surface area (Å²) in [5, 5.41) is 10.9. The predicted octanol–water partition coefficient (Wildman–Crippen LogP) is 5.97. The van der Waals surface area contributed by atoms with E-state index in [4.69, 9.17) is 25.8 Å². The Bertz CT molecular complexity index is 1440. The fourth-order valence-electron chi connectivity index (χ4n) is 3.23. The molecule has 11 heteroatoms. The molecule has 0 unspecified atom stereocenters. The quantitative estimate of drug-likeness (QED) is 0.113. The lowest BCUT2D eigenvalue weighted by atomic mass is 10.1. The maximum Gasteiger partial charge on any atom is 0.363 e. The molecule has 0 radical (unpaired) electrons. The number of rotatable bonds is 7. The van der Waals surface area contributed by atoms with Crippen LogP contribution >= 0.6 is 27.5 Å². The second-order valence-corrected chi connectivity index (χ2v) is 8.54. The van der Waals surface area contributed by atoms with Crippen molar-refractivity contribution in [3.63, 3.8) is 0 Å². The number of carbonyl (C=O) groups excluding carboxylic acids is 2. The fourth-order valence-corrected chi connectivity index (χ4v) is 4.03. The van der Waals surface area contributed by atoms with E-state index in [1.807, 2.05) is 0 Å². The highest BCUT2D eigenvalue weighted by Crippen LogP contribution is 2.38. The Hall–Kier alpha value is -4.02. The van der Waals surface area contributed by atoms with Gasteiger partial charge in [-0.15, -0.1) is 0 Å². The summed E-state index contributed by atoms with van der Waals surface area (Å²) in [5.41, 5.74) is 0.891. The monoisotopic (exact) mass is 570 g/mol. The van der Waals surface area contributed by atoms with Gasteiger partial charge in [-0.05, 0) is 64.8 Å². The number of non-ortho nitro benzene ring substituents is 1. The maximum absolute atomic E-state index is 12.5. The average molecular weight is 572 g/mol. The molecule has 1 aliphatic heterocycles. The fraction of sp³-hybridized carbons (Fsp3) is 0.0800.